The van der Waals surface area contributed by atoms with Gasteiger partial charge in [0, 0.05) is 44.8 Å². The smallest absolute Gasteiger partial charge is 0.244 e. The fourth-order valence-corrected chi connectivity index (χ4v) is 4.19. The van der Waals surface area contributed by atoms with Crippen molar-refractivity contribution in [3.63, 3.8) is 0 Å². The standard InChI is InChI=1S/C22H31N5O2/c1-18(22-23-21(24-29-22)19-9-5-4-6-10-19)26-15-13-25(14-16-26)17-20(28)27-11-7-2-3-8-12-27/h4-6,9-10,18H,2-3,7-8,11-17H2,1H3. The minimum atomic E-state index is 0.0726. The van der Waals surface area contributed by atoms with E-state index >= 15 is 0 Å². The molecule has 0 aliphatic carbocycles. The van der Waals surface area contributed by atoms with E-state index in [1.54, 1.807) is 0 Å². The number of hydrogen-bond donors (Lipinski definition) is 0. The van der Waals surface area contributed by atoms with Gasteiger partial charge in [0.25, 0.3) is 0 Å². The number of rotatable bonds is 5. The van der Waals surface area contributed by atoms with Crippen LogP contribution in [0.5, 0.6) is 0 Å². The molecule has 0 spiro atoms. The zero-order valence-electron chi connectivity index (χ0n) is 17.3. The summed E-state index contributed by atoms with van der Waals surface area (Å²) in [5.41, 5.74) is 0.964. The van der Waals surface area contributed by atoms with E-state index in [0.29, 0.717) is 18.3 Å². The Hall–Kier alpha value is -2.25. The SMILES string of the molecule is CC(c1nc(-c2ccccc2)no1)N1CCN(CC(=O)N2CCCCCC2)CC1. The van der Waals surface area contributed by atoms with Crippen molar-refractivity contribution in [2.45, 2.75) is 38.6 Å². The predicted octanol–water partition coefficient (Wildman–Crippen LogP) is 2.82. The lowest BCUT2D eigenvalue weighted by Crippen LogP contribution is -2.50. The van der Waals surface area contributed by atoms with Gasteiger partial charge in [-0.15, -0.1) is 0 Å². The average Bonchev–Trinajstić information content (AvgIpc) is 3.09. The van der Waals surface area contributed by atoms with E-state index in [2.05, 4.69) is 31.8 Å². The zero-order chi connectivity index (χ0) is 20.1. The third-order valence-corrected chi connectivity index (χ3v) is 6.10. The molecular formula is C22H31N5O2. The molecule has 1 aromatic carbocycles. The van der Waals surface area contributed by atoms with Gasteiger partial charge >= 0.3 is 0 Å². The Morgan fingerprint density at radius 3 is 2.38 bits per heavy atom. The molecule has 2 aliphatic rings. The van der Waals surface area contributed by atoms with Crippen LogP contribution in [0, 0.1) is 0 Å². The molecule has 0 radical (unpaired) electrons. The van der Waals surface area contributed by atoms with E-state index in [4.69, 9.17) is 4.52 Å². The fraction of sp³-hybridized carbons (Fsp3) is 0.591. The molecule has 0 bridgehead atoms. The van der Waals surface area contributed by atoms with Gasteiger partial charge in [0.05, 0.1) is 12.6 Å². The van der Waals surface area contributed by atoms with Crippen molar-refractivity contribution in [3.05, 3.63) is 36.2 Å². The number of piperazine rings is 1. The number of likely N-dealkylation sites (tertiary alicyclic amines) is 1. The number of aromatic nitrogens is 2. The molecule has 7 heteroatoms. The van der Waals surface area contributed by atoms with Gasteiger partial charge in [0.15, 0.2) is 0 Å². The molecular weight excluding hydrogens is 366 g/mol. The zero-order valence-corrected chi connectivity index (χ0v) is 17.3. The second kappa shape index (κ2) is 9.50. The third-order valence-electron chi connectivity index (χ3n) is 6.10. The van der Waals surface area contributed by atoms with Gasteiger partial charge < -0.3 is 9.42 Å². The van der Waals surface area contributed by atoms with Gasteiger partial charge in [-0.05, 0) is 19.8 Å². The van der Waals surface area contributed by atoms with Crippen LogP contribution in [0.25, 0.3) is 11.4 Å². The normalized spacial score (nSPS) is 20.4. The Morgan fingerprint density at radius 1 is 1.00 bits per heavy atom. The molecule has 0 N–H and O–H groups in total. The van der Waals surface area contributed by atoms with Crippen LogP contribution >= 0.6 is 0 Å². The first-order valence-electron chi connectivity index (χ1n) is 10.8. The monoisotopic (exact) mass is 397 g/mol. The van der Waals surface area contributed by atoms with E-state index in [1.165, 1.54) is 12.8 Å². The summed E-state index contributed by atoms with van der Waals surface area (Å²) in [4.78, 5) is 23.9. The summed E-state index contributed by atoms with van der Waals surface area (Å²) in [5.74, 6) is 1.57. The molecule has 1 unspecified atom stereocenters. The lowest BCUT2D eigenvalue weighted by molar-refractivity contribution is -0.132. The summed E-state index contributed by atoms with van der Waals surface area (Å²) in [6, 6.07) is 9.97. The molecule has 0 saturated carbocycles. The first-order chi connectivity index (χ1) is 14.2. The number of carbonyl (C=O) groups excluding carboxylic acids is 1. The van der Waals surface area contributed by atoms with Crippen molar-refractivity contribution >= 4 is 5.91 Å². The quantitative estimate of drug-likeness (QED) is 0.773. The first-order valence-corrected chi connectivity index (χ1v) is 10.8. The molecule has 1 atom stereocenters. The van der Waals surface area contributed by atoms with Crippen LogP contribution in [0.3, 0.4) is 0 Å². The molecule has 2 aliphatic heterocycles. The van der Waals surface area contributed by atoms with Gasteiger partial charge in [-0.25, -0.2) is 0 Å². The molecule has 3 heterocycles. The van der Waals surface area contributed by atoms with Crippen molar-refractivity contribution in [2.75, 3.05) is 45.8 Å². The molecule has 7 nitrogen and oxygen atoms in total. The van der Waals surface area contributed by atoms with Crippen LogP contribution in [0.1, 0.15) is 44.5 Å². The lowest BCUT2D eigenvalue weighted by Gasteiger charge is -2.37. The molecule has 2 fully saturated rings. The van der Waals surface area contributed by atoms with Crippen molar-refractivity contribution < 1.29 is 9.32 Å². The number of carbonyl (C=O) groups is 1. The Morgan fingerprint density at radius 2 is 1.69 bits per heavy atom. The van der Waals surface area contributed by atoms with Crippen LogP contribution in [0.15, 0.2) is 34.9 Å². The number of hydrogen-bond acceptors (Lipinski definition) is 6. The Balaban J connectivity index is 1.28. The average molecular weight is 398 g/mol. The van der Waals surface area contributed by atoms with E-state index in [1.807, 2.05) is 30.3 Å². The van der Waals surface area contributed by atoms with Crippen LogP contribution in [0.4, 0.5) is 0 Å². The minimum Gasteiger partial charge on any atom is -0.342 e. The number of nitrogens with zero attached hydrogens (tertiary/aromatic N) is 5. The predicted molar refractivity (Wildman–Crippen MR) is 111 cm³/mol. The molecule has 4 rings (SSSR count). The Bertz CT molecular complexity index is 778. The molecule has 1 amide bonds. The highest BCUT2D eigenvalue weighted by atomic mass is 16.5. The maximum atomic E-state index is 12.6. The molecule has 29 heavy (non-hydrogen) atoms. The second-order valence-electron chi connectivity index (χ2n) is 8.11. The van der Waals surface area contributed by atoms with Gasteiger partial charge in [-0.2, -0.15) is 4.98 Å². The molecule has 1 aromatic heterocycles. The van der Waals surface area contributed by atoms with Crippen LogP contribution in [-0.2, 0) is 4.79 Å². The number of amides is 1. The van der Waals surface area contributed by atoms with E-state index in [0.717, 1.165) is 57.7 Å². The highest BCUT2D eigenvalue weighted by molar-refractivity contribution is 5.78. The van der Waals surface area contributed by atoms with Gasteiger partial charge in [0.1, 0.15) is 0 Å². The summed E-state index contributed by atoms with van der Waals surface area (Å²) in [5, 5.41) is 4.14. The minimum absolute atomic E-state index is 0.0726. The van der Waals surface area contributed by atoms with E-state index in [9.17, 15) is 4.79 Å². The van der Waals surface area contributed by atoms with Crippen LogP contribution < -0.4 is 0 Å². The lowest BCUT2D eigenvalue weighted by atomic mass is 10.2. The summed E-state index contributed by atoms with van der Waals surface area (Å²) in [6.45, 7) is 8.09. The Kier molecular flexibility index (Phi) is 6.56. The maximum absolute atomic E-state index is 12.6. The Labute approximate surface area is 172 Å². The van der Waals surface area contributed by atoms with Gasteiger partial charge in [0.2, 0.25) is 17.6 Å². The topological polar surface area (TPSA) is 65.7 Å². The summed E-state index contributed by atoms with van der Waals surface area (Å²) in [6.07, 6.45) is 4.79. The van der Waals surface area contributed by atoms with Crippen molar-refractivity contribution in [1.82, 2.24) is 24.8 Å². The van der Waals surface area contributed by atoms with E-state index < -0.39 is 0 Å². The van der Waals surface area contributed by atoms with Gasteiger partial charge in [-0.1, -0.05) is 48.3 Å². The van der Waals surface area contributed by atoms with Gasteiger partial charge in [-0.3, -0.25) is 14.6 Å². The summed E-state index contributed by atoms with van der Waals surface area (Å²) in [7, 11) is 0. The highest BCUT2D eigenvalue weighted by Gasteiger charge is 2.27. The first kappa shape index (κ1) is 20.0. The molecule has 156 valence electrons. The maximum Gasteiger partial charge on any atom is 0.244 e. The summed E-state index contributed by atoms with van der Waals surface area (Å²) < 4.78 is 5.54. The van der Waals surface area contributed by atoms with Crippen LogP contribution in [-0.4, -0.2) is 76.6 Å². The molecule has 2 saturated heterocycles. The second-order valence-corrected chi connectivity index (χ2v) is 8.11. The van der Waals surface area contributed by atoms with E-state index in [-0.39, 0.29) is 11.9 Å². The summed E-state index contributed by atoms with van der Waals surface area (Å²) >= 11 is 0. The molecule has 2 aromatic rings. The van der Waals surface area contributed by atoms with Crippen molar-refractivity contribution in [1.29, 1.82) is 0 Å². The van der Waals surface area contributed by atoms with Crippen molar-refractivity contribution in [3.8, 4) is 11.4 Å². The number of benzene rings is 1. The largest absolute Gasteiger partial charge is 0.342 e. The highest BCUT2D eigenvalue weighted by Crippen LogP contribution is 2.23. The fourth-order valence-electron chi connectivity index (χ4n) is 4.19. The van der Waals surface area contributed by atoms with Crippen LogP contribution in [0.2, 0.25) is 0 Å². The van der Waals surface area contributed by atoms with Crippen molar-refractivity contribution in [2.24, 2.45) is 0 Å². The third kappa shape index (κ3) is 5.03.